The largest absolute Gasteiger partial charge is 0.378 e. The molecule has 2 nitrogen and oxygen atoms in total. The third-order valence-electron chi connectivity index (χ3n) is 2.64. The van der Waals surface area contributed by atoms with Gasteiger partial charge in [-0.25, -0.2) is 0 Å². The lowest BCUT2D eigenvalue weighted by molar-refractivity contribution is 0.0550. The second kappa shape index (κ2) is 5.55. The summed E-state index contributed by atoms with van der Waals surface area (Å²) in [4.78, 5) is 0. The number of unbranched alkanes of at least 4 members (excludes halogenated alkanes) is 1. The summed E-state index contributed by atoms with van der Waals surface area (Å²) < 4.78 is 5.74. The fourth-order valence-electron chi connectivity index (χ4n) is 1.75. The van der Waals surface area contributed by atoms with Gasteiger partial charge < -0.3 is 10.1 Å². The summed E-state index contributed by atoms with van der Waals surface area (Å²) in [6.45, 7) is 3.16. The molecule has 1 N–H and O–H groups in total. The topological polar surface area (TPSA) is 21.3 Å². The number of nitrogens with one attached hydrogen (secondary N) is 1. The first-order valence-corrected chi connectivity index (χ1v) is 5.15. The Morgan fingerprint density at radius 2 is 2.25 bits per heavy atom. The van der Waals surface area contributed by atoms with E-state index in [9.17, 15) is 0 Å². The second-order valence-electron chi connectivity index (χ2n) is 3.65. The van der Waals surface area contributed by atoms with Crippen molar-refractivity contribution in [1.82, 2.24) is 5.32 Å². The van der Waals surface area contributed by atoms with Crippen LogP contribution in [0.2, 0.25) is 0 Å². The first kappa shape index (κ1) is 10.0. The van der Waals surface area contributed by atoms with Crippen LogP contribution < -0.4 is 5.32 Å². The minimum absolute atomic E-state index is 0.536. The molecular formula is C10H21NO. The van der Waals surface area contributed by atoms with Gasteiger partial charge in [0.1, 0.15) is 0 Å². The van der Waals surface area contributed by atoms with Crippen LogP contribution in [0, 0.1) is 0 Å². The molecule has 1 aliphatic carbocycles. The highest BCUT2D eigenvalue weighted by Crippen LogP contribution is 2.21. The van der Waals surface area contributed by atoms with E-state index in [1.807, 2.05) is 7.05 Å². The van der Waals surface area contributed by atoms with Gasteiger partial charge in [0, 0.05) is 12.6 Å². The molecule has 0 amide bonds. The molecule has 2 atom stereocenters. The molecule has 0 heterocycles. The van der Waals surface area contributed by atoms with Crippen LogP contribution in [-0.2, 0) is 4.74 Å². The van der Waals surface area contributed by atoms with Crippen LogP contribution in [-0.4, -0.2) is 25.8 Å². The lowest BCUT2D eigenvalue weighted by atomic mass is 10.2. The van der Waals surface area contributed by atoms with Crippen molar-refractivity contribution in [2.45, 2.75) is 51.2 Å². The zero-order chi connectivity index (χ0) is 8.81. The van der Waals surface area contributed by atoms with Crippen LogP contribution in [0.1, 0.15) is 39.0 Å². The van der Waals surface area contributed by atoms with Crippen LogP contribution in [0.4, 0.5) is 0 Å². The van der Waals surface area contributed by atoms with Crippen LogP contribution in [0.3, 0.4) is 0 Å². The first-order valence-electron chi connectivity index (χ1n) is 5.15. The Bertz CT molecular complexity index is 116. The van der Waals surface area contributed by atoms with Gasteiger partial charge in [-0.1, -0.05) is 13.3 Å². The van der Waals surface area contributed by atoms with Crippen LogP contribution >= 0.6 is 0 Å². The summed E-state index contributed by atoms with van der Waals surface area (Å²) in [7, 11) is 2.04. The zero-order valence-electron chi connectivity index (χ0n) is 8.31. The average molecular weight is 171 g/mol. The molecule has 0 saturated heterocycles. The summed E-state index contributed by atoms with van der Waals surface area (Å²) in [6, 6.07) is 0.705. The fourth-order valence-corrected chi connectivity index (χ4v) is 1.75. The summed E-state index contributed by atoms with van der Waals surface area (Å²) in [5.41, 5.74) is 0. The monoisotopic (exact) mass is 171 g/mol. The highest BCUT2D eigenvalue weighted by Gasteiger charge is 2.23. The maximum Gasteiger partial charge on any atom is 0.0590 e. The Balaban J connectivity index is 2.03. The third kappa shape index (κ3) is 3.11. The second-order valence-corrected chi connectivity index (χ2v) is 3.65. The van der Waals surface area contributed by atoms with Crippen molar-refractivity contribution in [1.29, 1.82) is 0 Å². The molecule has 12 heavy (non-hydrogen) atoms. The summed E-state index contributed by atoms with van der Waals surface area (Å²) in [6.07, 6.45) is 6.72. The number of ether oxygens (including phenoxy) is 1. The van der Waals surface area contributed by atoms with Gasteiger partial charge in [0.2, 0.25) is 0 Å². The van der Waals surface area contributed by atoms with Crippen molar-refractivity contribution >= 4 is 0 Å². The molecule has 0 aromatic heterocycles. The Morgan fingerprint density at radius 1 is 1.42 bits per heavy atom. The van der Waals surface area contributed by atoms with Crippen molar-refractivity contribution in [3.05, 3.63) is 0 Å². The molecule has 1 fully saturated rings. The summed E-state index contributed by atoms with van der Waals surface area (Å²) >= 11 is 0. The summed E-state index contributed by atoms with van der Waals surface area (Å²) in [5, 5.41) is 3.30. The van der Waals surface area contributed by atoms with E-state index >= 15 is 0 Å². The molecule has 2 heteroatoms. The minimum Gasteiger partial charge on any atom is -0.378 e. The Morgan fingerprint density at radius 3 is 2.83 bits per heavy atom. The van der Waals surface area contributed by atoms with Gasteiger partial charge in [0.05, 0.1) is 6.10 Å². The molecule has 72 valence electrons. The van der Waals surface area contributed by atoms with Crippen molar-refractivity contribution in [2.75, 3.05) is 13.7 Å². The van der Waals surface area contributed by atoms with E-state index in [0.29, 0.717) is 12.1 Å². The molecule has 1 rings (SSSR count). The zero-order valence-corrected chi connectivity index (χ0v) is 8.31. The van der Waals surface area contributed by atoms with E-state index in [4.69, 9.17) is 4.74 Å². The SMILES string of the molecule is CCCCOC1CCC(NC)C1. The average Bonchev–Trinajstić information content (AvgIpc) is 2.53. The molecular weight excluding hydrogens is 150 g/mol. The van der Waals surface area contributed by atoms with Crippen molar-refractivity contribution < 1.29 is 4.74 Å². The fraction of sp³-hybridized carbons (Fsp3) is 1.00. The van der Waals surface area contributed by atoms with E-state index in [-0.39, 0.29) is 0 Å². The molecule has 2 unspecified atom stereocenters. The number of rotatable bonds is 5. The smallest absolute Gasteiger partial charge is 0.0590 e. The van der Waals surface area contributed by atoms with Gasteiger partial charge in [-0.2, -0.15) is 0 Å². The Labute approximate surface area is 75.7 Å². The van der Waals surface area contributed by atoms with E-state index in [1.54, 1.807) is 0 Å². The lowest BCUT2D eigenvalue weighted by Gasteiger charge is -2.11. The van der Waals surface area contributed by atoms with Crippen molar-refractivity contribution in [3.8, 4) is 0 Å². The maximum atomic E-state index is 5.74. The normalized spacial score (nSPS) is 29.5. The van der Waals surface area contributed by atoms with Gasteiger partial charge in [0.15, 0.2) is 0 Å². The van der Waals surface area contributed by atoms with Crippen LogP contribution in [0.15, 0.2) is 0 Å². The van der Waals surface area contributed by atoms with Gasteiger partial charge in [-0.15, -0.1) is 0 Å². The van der Waals surface area contributed by atoms with Gasteiger partial charge in [0.25, 0.3) is 0 Å². The molecule has 1 saturated carbocycles. The Hall–Kier alpha value is -0.0800. The lowest BCUT2D eigenvalue weighted by Crippen LogP contribution is -2.22. The molecule has 1 aliphatic rings. The minimum atomic E-state index is 0.536. The van der Waals surface area contributed by atoms with Crippen molar-refractivity contribution in [3.63, 3.8) is 0 Å². The predicted octanol–water partition coefficient (Wildman–Crippen LogP) is 1.94. The van der Waals surface area contributed by atoms with E-state index < -0.39 is 0 Å². The maximum absolute atomic E-state index is 5.74. The van der Waals surface area contributed by atoms with Gasteiger partial charge >= 0.3 is 0 Å². The number of hydrogen-bond donors (Lipinski definition) is 1. The molecule has 0 aliphatic heterocycles. The molecule has 0 spiro atoms. The highest BCUT2D eigenvalue weighted by molar-refractivity contribution is 4.79. The predicted molar refractivity (Wildman–Crippen MR) is 51.3 cm³/mol. The van der Waals surface area contributed by atoms with E-state index in [2.05, 4.69) is 12.2 Å². The number of hydrogen-bond acceptors (Lipinski definition) is 2. The first-order chi connectivity index (χ1) is 5.86. The highest BCUT2D eigenvalue weighted by atomic mass is 16.5. The third-order valence-corrected chi connectivity index (χ3v) is 2.64. The van der Waals surface area contributed by atoms with Crippen LogP contribution in [0.5, 0.6) is 0 Å². The Kier molecular flexibility index (Phi) is 4.62. The standard InChI is InChI=1S/C10H21NO/c1-3-4-7-12-10-6-5-9(8-10)11-2/h9-11H,3-8H2,1-2H3. The molecule has 0 bridgehead atoms. The quantitative estimate of drug-likeness (QED) is 0.638. The van der Waals surface area contributed by atoms with Gasteiger partial charge in [-0.3, -0.25) is 0 Å². The molecule has 0 aromatic carbocycles. The van der Waals surface area contributed by atoms with Crippen LogP contribution in [0.25, 0.3) is 0 Å². The molecule has 0 radical (unpaired) electrons. The van der Waals surface area contributed by atoms with E-state index in [1.165, 1.54) is 32.1 Å². The van der Waals surface area contributed by atoms with Crippen molar-refractivity contribution in [2.24, 2.45) is 0 Å². The molecule has 0 aromatic rings. The summed E-state index contributed by atoms with van der Waals surface area (Å²) in [5.74, 6) is 0. The van der Waals surface area contributed by atoms with E-state index in [0.717, 1.165) is 6.61 Å². The van der Waals surface area contributed by atoms with Gasteiger partial charge in [-0.05, 0) is 32.7 Å².